The van der Waals surface area contributed by atoms with E-state index in [1.54, 1.807) is 11.8 Å². The maximum atomic E-state index is 10.4. The molecule has 0 atom stereocenters. The lowest BCUT2D eigenvalue weighted by Crippen LogP contribution is -2.09. The average molecular weight is 289 g/mol. The van der Waals surface area contributed by atoms with Gasteiger partial charge in [-0.15, -0.1) is 23.4 Å². The fraction of sp³-hybridized carbons (Fsp3) is 0.462. The number of thioether (sulfide) groups is 1. The van der Waals surface area contributed by atoms with Crippen LogP contribution >= 0.6 is 23.4 Å². The summed E-state index contributed by atoms with van der Waals surface area (Å²) >= 11 is 7.39. The van der Waals surface area contributed by atoms with E-state index in [4.69, 9.17) is 21.4 Å². The number of hydrogen-bond acceptors (Lipinski definition) is 3. The van der Waals surface area contributed by atoms with Gasteiger partial charge in [-0.3, -0.25) is 0 Å². The maximum absolute atomic E-state index is 10.4. The first-order valence-electron chi connectivity index (χ1n) is 5.77. The number of halogens is 1. The minimum Gasteiger partial charge on any atom is -0.482 e. The molecule has 0 aromatic heterocycles. The Kier molecular flexibility index (Phi) is 6.98. The number of hydrogen-bond donors (Lipinski definition) is 1. The van der Waals surface area contributed by atoms with E-state index in [1.807, 2.05) is 25.1 Å². The summed E-state index contributed by atoms with van der Waals surface area (Å²) in [4.78, 5) is 11.6. The number of carboxylic acid groups (broad SMARTS) is 1. The smallest absolute Gasteiger partial charge is 0.341 e. The zero-order valence-electron chi connectivity index (χ0n) is 10.3. The van der Waals surface area contributed by atoms with Crippen LogP contribution in [0.2, 0.25) is 0 Å². The molecule has 1 aromatic carbocycles. The van der Waals surface area contributed by atoms with Crippen molar-refractivity contribution in [1.29, 1.82) is 0 Å². The molecular formula is C13H17ClO3S. The lowest BCUT2D eigenvalue weighted by atomic mass is 10.2. The zero-order valence-corrected chi connectivity index (χ0v) is 11.9. The van der Waals surface area contributed by atoms with E-state index in [2.05, 4.69) is 0 Å². The number of unbranched alkanes of at least 4 members (excludes halogenated alkanes) is 1. The normalized spacial score (nSPS) is 10.3. The summed E-state index contributed by atoms with van der Waals surface area (Å²) in [6.07, 6.45) is 2.14. The molecule has 0 heterocycles. The highest BCUT2D eigenvalue weighted by molar-refractivity contribution is 7.99. The molecule has 0 unspecified atom stereocenters. The summed E-state index contributed by atoms with van der Waals surface area (Å²) < 4.78 is 5.17. The van der Waals surface area contributed by atoms with Gasteiger partial charge in [-0.25, -0.2) is 4.79 Å². The summed E-state index contributed by atoms with van der Waals surface area (Å²) in [5.74, 6) is 1.42. The van der Waals surface area contributed by atoms with Gasteiger partial charge >= 0.3 is 5.97 Å². The Hall–Kier alpha value is -0.870. The molecule has 5 heteroatoms. The van der Waals surface area contributed by atoms with Crippen LogP contribution in [0.1, 0.15) is 18.4 Å². The second-order valence-corrected chi connectivity index (χ2v) is 5.40. The van der Waals surface area contributed by atoms with Crippen LogP contribution in [0.3, 0.4) is 0 Å². The minimum absolute atomic E-state index is 0.303. The summed E-state index contributed by atoms with van der Waals surface area (Å²) in [5, 5.41) is 8.55. The molecule has 1 rings (SSSR count). The highest BCUT2D eigenvalue weighted by Crippen LogP contribution is 2.26. The monoisotopic (exact) mass is 288 g/mol. The van der Waals surface area contributed by atoms with E-state index in [0.717, 1.165) is 24.2 Å². The molecule has 1 N–H and O–H groups in total. The lowest BCUT2D eigenvalue weighted by molar-refractivity contribution is -0.139. The second-order valence-electron chi connectivity index (χ2n) is 3.85. The number of benzene rings is 1. The number of rotatable bonds is 8. The molecule has 0 saturated heterocycles. The first kappa shape index (κ1) is 15.2. The van der Waals surface area contributed by atoms with Crippen molar-refractivity contribution in [2.24, 2.45) is 0 Å². The second kappa shape index (κ2) is 8.27. The minimum atomic E-state index is -0.964. The van der Waals surface area contributed by atoms with E-state index in [-0.39, 0.29) is 6.61 Å². The fourth-order valence-corrected chi connectivity index (χ4v) is 2.60. The number of ether oxygens (including phenoxy) is 1. The molecule has 0 fully saturated rings. The van der Waals surface area contributed by atoms with Crippen molar-refractivity contribution in [1.82, 2.24) is 0 Å². The highest BCUT2D eigenvalue weighted by Gasteiger charge is 2.04. The van der Waals surface area contributed by atoms with Crippen molar-refractivity contribution in [2.45, 2.75) is 24.7 Å². The third-order valence-electron chi connectivity index (χ3n) is 2.29. The van der Waals surface area contributed by atoms with E-state index in [0.29, 0.717) is 11.6 Å². The third kappa shape index (κ3) is 5.65. The maximum Gasteiger partial charge on any atom is 0.341 e. The Bertz CT molecular complexity index is 396. The van der Waals surface area contributed by atoms with Crippen molar-refractivity contribution >= 4 is 29.3 Å². The van der Waals surface area contributed by atoms with Crippen LogP contribution in [0, 0.1) is 6.92 Å². The first-order valence-corrected chi connectivity index (χ1v) is 7.29. The van der Waals surface area contributed by atoms with E-state index in [9.17, 15) is 4.79 Å². The van der Waals surface area contributed by atoms with Crippen LogP contribution in [0.4, 0.5) is 0 Å². The topological polar surface area (TPSA) is 46.5 Å². The van der Waals surface area contributed by atoms with Gasteiger partial charge in [-0.1, -0.05) is 0 Å². The largest absolute Gasteiger partial charge is 0.482 e. The van der Waals surface area contributed by atoms with Gasteiger partial charge in [0, 0.05) is 10.8 Å². The Morgan fingerprint density at radius 1 is 1.44 bits per heavy atom. The van der Waals surface area contributed by atoms with Gasteiger partial charge in [0.05, 0.1) is 0 Å². The standard InChI is InChI=1S/C13H17ClO3S/c1-10-8-11(18-7-3-2-6-14)4-5-12(10)17-9-13(15)16/h4-5,8H,2-3,6-7,9H2,1H3,(H,15,16). The number of carbonyl (C=O) groups is 1. The van der Waals surface area contributed by atoms with Crippen molar-refractivity contribution < 1.29 is 14.6 Å². The van der Waals surface area contributed by atoms with Crippen LogP contribution < -0.4 is 4.74 Å². The van der Waals surface area contributed by atoms with Gasteiger partial charge in [-0.2, -0.15) is 0 Å². The molecule has 0 radical (unpaired) electrons. The predicted octanol–water partition coefficient (Wildman–Crippen LogP) is 3.57. The number of carboxylic acids is 1. The molecule has 0 spiro atoms. The molecular weight excluding hydrogens is 272 g/mol. The van der Waals surface area contributed by atoms with Gasteiger partial charge in [-0.05, 0) is 49.3 Å². The van der Waals surface area contributed by atoms with E-state index < -0.39 is 5.97 Å². The van der Waals surface area contributed by atoms with Crippen LogP contribution in [0.5, 0.6) is 5.75 Å². The molecule has 0 amide bonds. The SMILES string of the molecule is Cc1cc(SCCCCCl)ccc1OCC(=O)O. The Balaban J connectivity index is 2.48. The van der Waals surface area contributed by atoms with Gasteiger partial charge in [0.15, 0.2) is 6.61 Å². The van der Waals surface area contributed by atoms with Crippen LogP contribution in [0.25, 0.3) is 0 Å². The first-order chi connectivity index (χ1) is 8.63. The van der Waals surface area contributed by atoms with Gasteiger partial charge in [0.25, 0.3) is 0 Å². The predicted molar refractivity (Wildman–Crippen MR) is 75.0 cm³/mol. The van der Waals surface area contributed by atoms with Crippen LogP contribution in [-0.2, 0) is 4.79 Å². The average Bonchev–Trinajstić information content (AvgIpc) is 2.33. The van der Waals surface area contributed by atoms with Crippen molar-refractivity contribution in [3.8, 4) is 5.75 Å². The van der Waals surface area contributed by atoms with Crippen LogP contribution in [-0.4, -0.2) is 29.3 Å². The van der Waals surface area contributed by atoms with Gasteiger partial charge in [0.1, 0.15) is 5.75 Å². The highest BCUT2D eigenvalue weighted by atomic mass is 35.5. The Morgan fingerprint density at radius 3 is 2.83 bits per heavy atom. The fourth-order valence-electron chi connectivity index (χ4n) is 1.40. The molecule has 3 nitrogen and oxygen atoms in total. The summed E-state index contributed by atoms with van der Waals surface area (Å²) in [5.41, 5.74) is 0.957. The Morgan fingerprint density at radius 2 is 2.22 bits per heavy atom. The molecule has 0 aliphatic carbocycles. The summed E-state index contributed by atoms with van der Waals surface area (Å²) in [6, 6.07) is 5.79. The number of alkyl halides is 1. The molecule has 100 valence electrons. The van der Waals surface area contributed by atoms with E-state index >= 15 is 0 Å². The van der Waals surface area contributed by atoms with Crippen molar-refractivity contribution in [2.75, 3.05) is 18.2 Å². The molecule has 0 aliphatic heterocycles. The number of aliphatic carboxylic acids is 1. The molecule has 1 aromatic rings. The molecule has 18 heavy (non-hydrogen) atoms. The quantitative estimate of drug-likeness (QED) is 0.451. The van der Waals surface area contributed by atoms with Crippen LogP contribution in [0.15, 0.2) is 23.1 Å². The lowest BCUT2D eigenvalue weighted by Gasteiger charge is -2.08. The molecule has 0 bridgehead atoms. The zero-order chi connectivity index (χ0) is 13.4. The molecule has 0 saturated carbocycles. The summed E-state index contributed by atoms with van der Waals surface area (Å²) in [6.45, 7) is 1.61. The Labute approximate surface area is 116 Å². The van der Waals surface area contributed by atoms with E-state index in [1.165, 1.54) is 4.90 Å². The molecule has 0 aliphatic rings. The van der Waals surface area contributed by atoms with Gasteiger partial charge in [0.2, 0.25) is 0 Å². The number of aryl methyl sites for hydroxylation is 1. The summed E-state index contributed by atoms with van der Waals surface area (Å²) in [7, 11) is 0. The van der Waals surface area contributed by atoms with Crippen molar-refractivity contribution in [3.05, 3.63) is 23.8 Å². The third-order valence-corrected chi connectivity index (χ3v) is 3.64. The van der Waals surface area contributed by atoms with Gasteiger partial charge < -0.3 is 9.84 Å². The van der Waals surface area contributed by atoms with Crippen molar-refractivity contribution in [3.63, 3.8) is 0 Å².